The molecule has 1 amide bonds. The highest BCUT2D eigenvalue weighted by molar-refractivity contribution is 7.22. The molecule has 2 heterocycles. The minimum Gasteiger partial charge on any atom is -0.507 e. The highest BCUT2D eigenvalue weighted by Gasteiger charge is 2.48. The van der Waals surface area contributed by atoms with Gasteiger partial charge in [0.1, 0.15) is 17.3 Å². The van der Waals surface area contributed by atoms with Gasteiger partial charge in [-0.25, -0.2) is 4.98 Å². The average molecular weight is 521 g/mol. The van der Waals surface area contributed by atoms with Crippen LogP contribution in [0, 0.1) is 0 Å². The van der Waals surface area contributed by atoms with Crippen LogP contribution in [0.4, 0.5) is 5.13 Å². The van der Waals surface area contributed by atoms with Crippen molar-refractivity contribution in [2.75, 3.05) is 18.6 Å². The molecule has 9 heteroatoms. The van der Waals surface area contributed by atoms with E-state index < -0.39 is 17.7 Å². The van der Waals surface area contributed by atoms with Crippen LogP contribution in [0.1, 0.15) is 24.1 Å². The molecule has 0 spiro atoms. The van der Waals surface area contributed by atoms with Gasteiger partial charge < -0.3 is 14.6 Å². The highest BCUT2D eigenvalue weighted by Crippen LogP contribution is 2.45. The molecule has 1 aromatic heterocycles. The van der Waals surface area contributed by atoms with Gasteiger partial charge in [-0.1, -0.05) is 47.2 Å². The van der Waals surface area contributed by atoms with Crippen LogP contribution < -0.4 is 14.4 Å². The minimum absolute atomic E-state index is 0.0372. The lowest BCUT2D eigenvalue weighted by molar-refractivity contribution is -0.132. The fraction of sp³-hybridized carbons (Fsp3) is 0.148. The van der Waals surface area contributed by atoms with E-state index in [2.05, 4.69) is 4.98 Å². The molecular formula is C27H21ClN2O5S. The molecule has 7 nitrogen and oxygen atoms in total. The Bertz CT molecular complexity index is 1510. The fourth-order valence-electron chi connectivity index (χ4n) is 4.17. The van der Waals surface area contributed by atoms with Gasteiger partial charge in [0, 0.05) is 10.6 Å². The summed E-state index contributed by atoms with van der Waals surface area (Å²) in [5, 5.41) is 12.1. The number of rotatable bonds is 6. The Morgan fingerprint density at radius 1 is 1.08 bits per heavy atom. The number of amides is 1. The van der Waals surface area contributed by atoms with Crippen LogP contribution in [0.3, 0.4) is 0 Å². The number of benzene rings is 3. The molecule has 1 saturated heterocycles. The second-order valence-electron chi connectivity index (χ2n) is 8.01. The first-order chi connectivity index (χ1) is 17.4. The largest absolute Gasteiger partial charge is 0.507 e. The Balaban J connectivity index is 1.69. The number of aromatic nitrogens is 1. The fourth-order valence-corrected chi connectivity index (χ4v) is 5.32. The number of fused-ring (bicyclic) bond motifs is 1. The summed E-state index contributed by atoms with van der Waals surface area (Å²) in [5.74, 6) is -0.676. The Kier molecular flexibility index (Phi) is 6.38. The Morgan fingerprint density at radius 2 is 1.86 bits per heavy atom. The Labute approximate surface area is 216 Å². The average Bonchev–Trinajstić information content (AvgIpc) is 3.42. The number of thiazole rings is 1. The van der Waals surface area contributed by atoms with Gasteiger partial charge in [0.05, 0.1) is 35.5 Å². The zero-order valence-electron chi connectivity index (χ0n) is 19.4. The van der Waals surface area contributed by atoms with Crippen LogP contribution in [0.5, 0.6) is 11.5 Å². The molecule has 1 aliphatic rings. The first-order valence-corrected chi connectivity index (χ1v) is 12.3. The molecule has 36 heavy (non-hydrogen) atoms. The number of ether oxygens (including phenoxy) is 2. The third kappa shape index (κ3) is 4.19. The molecule has 0 aliphatic carbocycles. The van der Waals surface area contributed by atoms with Gasteiger partial charge in [-0.3, -0.25) is 14.5 Å². The zero-order valence-corrected chi connectivity index (χ0v) is 21.0. The van der Waals surface area contributed by atoms with E-state index in [-0.39, 0.29) is 11.3 Å². The lowest BCUT2D eigenvalue weighted by atomic mass is 9.95. The molecule has 1 fully saturated rings. The number of anilines is 1. The highest BCUT2D eigenvalue weighted by atomic mass is 35.5. The molecule has 0 bridgehead atoms. The number of hydrogen-bond acceptors (Lipinski definition) is 7. The number of Topliss-reactive ketones (excluding diaryl/α,β-unsaturated/α-hetero) is 1. The summed E-state index contributed by atoms with van der Waals surface area (Å²) in [6, 6.07) is 18.1. The first-order valence-electron chi connectivity index (χ1n) is 11.2. The number of ketones is 1. The number of aliphatic hydroxyl groups excluding tert-OH is 1. The maximum absolute atomic E-state index is 13.4. The number of halogens is 1. The summed E-state index contributed by atoms with van der Waals surface area (Å²) >= 11 is 7.38. The molecule has 5 rings (SSSR count). The van der Waals surface area contributed by atoms with E-state index in [4.69, 9.17) is 21.1 Å². The van der Waals surface area contributed by atoms with Gasteiger partial charge in [-0.15, -0.1) is 0 Å². The van der Waals surface area contributed by atoms with Crippen LogP contribution in [-0.2, 0) is 9.59 Å². The number of nitrogens with zero attached hydrogens (tertiary/aromatic N) is 2. The normalized spacial score (nSPS) is 17.1. The summed E-state index contributed by atoms with van der Waals surface area (Å²) in [6.07, 6.45) is 0. The monoisotopic (exact) mass is 520 g/mol. The Hall–Kier alpha value is -3.88. The van der Waals surface area contributed by atoms with Gasteiger partial charge in [-0.2, -0.15) is 0 Å². The van der Waals surface area contributed by atoms with Crippen molar-refractivity contribution in [2.24, 2.45) is 0 Å². The quantitative estimate of drug-likeness (QED) is 0.191. The smallest absolute Gasteiger partial charge is 0.301 e. The zero-order chi connectivity index (χ0) is 25.4. The van der Waals surface area contributed by atoms with Crippen molar-refractivity contribution in [3.8, 4) is 11.5 Å². The van der Waals surface area contributed by atoms with E-state index >= 15 is 0 Å². The third-order valence-electron chi connectivity index (χ3n) is 5.84. The van der Waals surface area contributed by atoms with Crippen molar-refractivity contribution in [2.45, 2.75) is 13.0 Å². The molecule has 1 atom stereocenters. The molecule has 3 aromatic carbocycles. The minimum atomic E-state index is -0.902. The van der Waals surface area contributed by atoms with Crippen LogP contribution >= 0.6 is 22.9 Å². The number of carbonyl (C=O) groups is 2. The molecular weight excluding hydrogens is 500 g/mol. The summed E-state index contributed by atoms with van der Waals surface area (Å²) in [4.78, 5) is 32.7. The number of hydrogen-bond donors (Lipinski definition) is 1. The number of aliphatic hydroxyl groups is 1. The van der Waals surface area contributed by atoms with E-state index in [0.29, 0.717) is 44.9 Å². The predicted molar refractivity (Wildman–Crippen MR) is 140 cm³/mol. The van der Waals surface area contributed by atoms with Gasteiger partial charge >= 0.3 is 5.91 Å². The second kappa shape index (κ2) is 9.64. The molecule has 1 unspecified atom stereocenters. The van der Waals surface area contributed by atoms with Crippen molar-refractivity contribution < 1.29 is 24.2 Å². The van der Waals surface area contributed by atoms with Gasteiger partial charge in [0.25, 0.3) is 5.78 Å². The van der Waals surface area contributed by atoms with Crippen molar-refractivity contribution in [1.82, 2.24) is 4.98 Å². The van der Waals surface area contributed by atoms with E-state index in [1.165, 1.54) is 23.3 Å². The summed E-state index contributed by atoms with van der Waals surface area (Å²) < 4.78 is 11.7. The van der Waals surface area contributed by atoms with Crippen molar-refractivity contribution in [1.29, 1.82) is 0 Å². The van der Waals surface area contributed by atoms with Crippen molar-refractivity contribution in [3.05, 3.63) is 88.5 Å². The van der Waals surface area contributed by atoms with E-state index in [1.807, 2.05) is 25.1 Å². The standard InChI is InChI=1S/C27H21ClN2O5S/c1-3-35-19-11-12-20-21(14-19)36-27(29-20)30-23(15-7-9-17(28)10-8-15)22(25(32)26(30)33)24(31)16-5-4-6-18(13-16)34-2/h4-14,23,31H,3H2,1-2H3/b24-22+. The predicted octanol–water partition coefficient (Wildman–Crippen LogP) is 5.98. The first kappa shape index (κ1) is 23.8. The Morgan fingerprint density at radius 3 is 2.58 bits per heavy atom. The lowest BCUT2D eigenvalue weighted by Crippen LogP contribution is -2.29. The molecule has 182 valence electrons. The van der Waals surface area contributed by atoms with Crippen molar-refractivity contribution in [3.63, 3.8) is 0 Å². The van der Waals surface area contributed by atoms with E-state index in [0.717, 1.165) is 4.70 Å². The van der Waals surface area contributed by atoms with E-state index in [9.17, 15) is 14.7 Å². The number of methoxy groups -OCH3 is 1. The topological polar surface area (TPSA) is 89.0 Å². The summed E-state index contributed by atoms with van der Waals surface area (Å²) in [6.45, 7) is 2.42. The van der Waals surface area contributed by atoms with Crippen LogP contribution in [-0.4, -0.2) is 35.5 Å². The molecule has 1 N–H and O–H groups in total. The lowest BCUT2D eigenvalue weighted by Gasteiger charge is -2.23. The molecule has 0 saturated carbocycles. The third-order valence-corrected chi connectivity index (χ3v) is 7.11. The molecule has 4 aromatic rings. The van der Waals surface area contributed by atoms with Crippen LogP contribution in [0.25, 0.3) is 16.0 Å². The second-order valence-corrected chi connectivity index (χ2v) is 9.46. The van der Waals surface area contributed by atoms with Crippen LogP contribution in [0.15, 0.2) is 72.3 Å². The number of carbonyl (C=O) groups excluding carboxylic acids is 2. The molecule has 0 radical (unpaired) electrons. The van der Waals surface area contributed by atoms with Gasteiger partial charge in [-0.05, 0) is 55.0 Å². The van der Waals surface area contributed by atoms with Crippen LogP contribution in [0.2, 0.25) is 5.02 Å². The van der Waals surface area contributed by atoms with Gasteiger partial charge in [0.2, 0.25) is 0 Å². The van der Waals surface area contributed by atoms with Gasteiger partial charge in [0.15, 0.2) is 5.13 Å². The summed E-state index contributed by atoms with van der Waals surface area (Å²) in [5.41, 5.74) is 1.60. The van der Waals surface area contributed by atoms with Crippen molar-refractivity contribution >= 4 is 55.7 Å². The van der Waals surface area contributed by atoms with E-state index in [1.54, 1.807) is 48.5 Å². The maximum atomic E-state index is 13.4. The molecule has 1 aliphatic heterocycles. The SMILES string of the molecule is CCOc1ccc2nc(N3C(=O)C(=O)/C(=C(/O)c4cccc(OC)c4)C3c3ccc(Cl)cc3)sc2c1. The summed E-state index contributed by atoms with van der Waals surface area (Å²) in [7, 11) is 1.51. The maximum Gasteiger partial charge on any atom is 0.301 e.